The number of carbonyl (C=O) groups is 2. The first-order valence-corrected chi connectivity index (χ1v) is 8.79. The van der Waals surface area contributed by atoms with Crippen LogP contribution in [-0.4, -0.2) is 18.4 Å². The number of nitrogens with zero attached hydrogens (tertiary/aromatic N) is 1. The second-order valence-electron chi connectivity index (χ2n) is 6.49. The van der Waals surface area contributed by atoms with Crippen LogP contribution in [-0.2, 0) is 6.42 Å². The molecule has 0 aliphatic carbocycles. The Bertz CT molecular complexity index is 1080. The van der Waals surface area contributed by atoms with Gasteiger partial charge >= 0.3 is 0 Å². The molecular formula is C22H16F2N2O2. The molecule has 0 radical (unpaired) electrons. The summed E-state index contributed by atoms with van der Waals surface area (Å²) in [7, 11) is 0. The molecule has 0 saturated heterocycles. The van der Waals surface area contributed by atoms with Crippen molar-refractivity contribution in [3.05, 3.63) is 95.1 Å². The first-order chi connectivity index (χ1) is 13.5. The summed E-state index contributed by atoms with van der Waals surface area (Å²) in [5, 5.41) is 2.40. The number of nitrogens with one attached hydrogen (secondary N) is 1. The van der Waals surface area contributed by atoms with Crippen molar-refractivity contribution in [2.45, 2.75) is 6.42 Å². The molecule has 0 spiro atoms. The highest BCUT2D eigenvalue weighted by atomic mass is 19.1. The van der Waals surface area contributed by atoms with Crippen LogP contribution in [0, 0.1) is 11.6 Å². The van der Waals surface area contributed by atoms with Crippen LogP contribution in [0.3, 0.4) is 0 Å². The quantitative estimate of drug-likeness (QED) is 0.734. The Morgan fingerprint density at radius 1 is 0.893 bits per heavy atom. The molecule has 3 aromatic carbocycles. The van der Waals surface area contributed by atoms with Crippen molar-refractivity contribution in [3.63, 3.8) is 0 Å². The van der Waals surface area contributed by atoms with Crippen LogP contribution in [0.25, 0.3) is 0 Å². The minimum absolute atomic E-state index is 0.128. The van der Waals surface area contributed by atoms with E-state index >= 15 is 0 Å². The predicted molar refractivity (Wildman–Crippen MR) is 103 cm³/mol. The van der Waals surface area contributed by atoms with Gasteiger partial charge < -0.3 is 10.2 Å². The Labute approximate surface area is 160 Å². The molecule has 0 fully saturated rings. The van der Waals surface area contributed by atoms with Gasteiger partial charge in [-0.25, -0.2) is 8.78 Å². The van der Waals surface area contributed by atoms with E-state index in [9.17, 15) is 18.4 Å². The maximum Gasteiger partial charge on any atom is 0.258 e. The molecule has 1 heterocycles. The maximum absolute atomic E-state index is 13.8. The van der Waals surface area contributed by atoms with Crippen molar-refractivity contribution in [3.8, 4) is 0 Å². The highest BCUT2D eigenvalue weighted by Crippen LogP contribution is 2.29. The molecule has 140 valence electrons. The van der Waals surface area contributed by atoms with E-state index in [1.165, 1.54) is 12.1 Å². The third kappa shape index (κ3) is 3.36. The van der Waals surface area contributed by atoms with Crippen molar-refractivity contribution in [1.29, 1.82) is 0 Å². The summed E-state index contributed by atoms with van der Waals surface area (Å²) in [5.74, 6) is -2.38. The summed E-state index contributed by atoms with van der Waals surface area (Å²) in [4.78, 5) is 27.1. The van der Waals surface area contributed by atoms with E-state index in [1.807, 2.05) is 24.3 Å². The average molecular weight is 378 g/mol. The van der Waals surface area contributed by atoms with Gasteiger partial charge in [0.25, 0.3) is 11.8 Å². The third-order valence-corrected chi connectivity index (χ3v) is 4.68. The molecule has 4 nitrogen and oxygen atoms in total. The number of halogens is 2. The van der Waals surface area contributed by atoms with E-state index in [2.05, 4.69) is 5.32 Å². The van der Waals surface area contributed by atoms with Gasteiger partial charge in [0.15, 0.2) is 0 Å². The third-order valence-electron chi connectivity index (χ3n) is 4.68. The van der Waals surface area contributed by atoms with Crippen LogP contribution >= 0.6 is 0 Å². The highest BCUT2D eigenvalue weighted by Gasteiger charge is 2.25. The lowest BCUT2D eigenvalue weighted by Crippen LogP contribution is -2.29. The Morgan fingerprint density at radius 2 is 1.68 bits per heavy atom. The summed E-state index contributed by atoms with van der Waals surface area (Å²) >= 11 is 0. The van der Waals surface area contributed by atoms with E-state index in [0.717, 1.165) is 29.8 Å². The lowest BCUT2D eigenvalue weighted by atomic mass is 10.1. The number of anilines is 2. The molecule has 4 rings (SSSR count). The number of fused-ring (bicyclic) bond motifs is 1. The van der Waals surface area contributed by atoms with Crippen LogP contribution in [0.4, 0.5) is 20.2 Å². The Hall–Kier alpha value is -3.54. The van der Waals surface area contributed by atoms with Crippen LogP contribution in [0.1, 0.15) is 26.3 Å². The molecule has 28 heavy (non-hydrogen) atoms. The van der Waals surface area contributed by atoms with Crippen LogP contribution in [0.15, 0.2) is 66.7 Å². The fourth-order valence-electron chi connectivity index (χ4n) is 3.28. The number of amides is 2. The van der Waals surface area contributed by atoms with Crippen molar-refractivity contribution < 1.29 is 18.4 Å². The number of benzene rings is 3. The largest absolute Gasteiger partial charge is 0.319 e. The molecule has 1 aliphatic heterocycles. The molecule has 6 heteroatoms. The van der Waals surface area contributed by atoms with Crippen LogP contribution in [0.2, 0.25) is 0 Å². The number of carbonyl (C=O) groups excluding carboxylic acids is 2. The van der Waals surface area contributed by atoms with Gasteiger partial charge in [0.2, 0.25) is 0 Å². The SMILES string of the molecule is O=C(Nc1ccc(F)cc1F)c1cccc(C(=O)N2CCc3ccccc32)c1. The summed E-state index contributed by atoms with van der Waals surface area (Å²) in [6.45, 7) is 0.579. The number of rotatable bonds is 3. The lowest BCUT2D eigenvalue weighted by molar-refractivity contribution is 0.0989. The van der Waals surface area contributed by atoms with E-state index in [-0.39, 0.29) is 17.2 Å². The van der Waals surface area contributed by atoms with Gasteiger partial charge in [-0.15, -0.1) is 0 Å². The summed E-state index contributed by atoms with van der Waals surface area (Å²) < 4.78 is 26.8. The van der Waals surface area contributed by atoms with Crippen LogP contribution in [0.5, 0.6) is 0 Å². The zero-order valence-corrected chi connectivity index (χ0v) is 14.8. The highest BCUT2D eigenvalue weighted by molar-refractivity contribution is 6.10. The zero-order valence-electron chi connectivity index (χ0n) is 14.8. The maximum atomic E-state index is 13.8. The Morgan fingerprint density at radius 3 is 2.50 bits per heavy atom. The molecule has 1 N–H and O–H groups in total. The smallest absolute Gasteiger partial charge is 0.258 e. The molecule has 3 aromatic rings. The number of hydrogen-bond acceptors (Lipinski definition) is 2. The number of hydrogen-bond donors (Lipinski definition) is 1. The van der Waals surface area contributed by atoms with Crippen LogP contribution < -0.4 is 10.2 Å². The molecule has 0 aromatic heterocycles. The second kappa shape index (κ2) is 7.23. The fourth-order valence-corrected chi connectivity index (χ4v) is 3.28. The van der Waals surface area contributed by atoms with E-state index < -0.39 is 17.5 Å². The molecule has 0 unspecified atom stereocenters. The summed E-state index contributed by atoms with van der Waals surface area (Å²) in [6, 6.07) is 16.9. The predicted octanol–water partition coefficient (Wildman–Crippen LogP) is 4.42. The molecule has 0 saturated carbocycles. The van der Waals surface area contributed by atoms with E-state index in [4.69, 9.17) is 0 Å². The zero-order chi connectivity index (χ0) is 19.7. The lowest BCUT2D eigenvalue weighted by Gasteiger charge is -2.17. The molecule has 0 atom stereocenters. The fraction of sp³-hybridized carbons (Fsp3) is 0.0909. The molecule has 0 bridgehead atoms. The van der Waals surface area contributed by atoms with Crippen molar-refractivity contribution >= 4 is 23.2 Å². The van der Waals surface area contributed by atoms with E-state index in [0.29, 0.717) is 18.2 Å². The second-order valence-corrected chi connectivity index (χ2v) is 6.49. The van der Waals surface area contributed by atoms with Gasteiger partial charge in [0.05, 0.1) is 5.69 Å². The molecule has 1 aliphatic rings. The van der Waals surface area contributed by atoms with Crippen molar-refractivity contribution in [1.82, 2.24) is 0 Å². The minimum Gasteiger partial charge on any atom is -0.319 e. The Balaban J connectivity index is 1.56. The molecular weight excluding hydrogens is 362 g/mol. The topological polar surface area (TPSA) is 49.4 Å². The van der Waals surface area contributed by atoms with Gasteiger partial charge in [-0.1, -0.05) is 24.3 Å². The monoisotopic (exact) mass is 378 g/mol. The Kier molecular flexibility index (Phi) is 4.61. The summed E-state index contributed by atoms with van der Waals surface area (Å²) in [6.07, 6.45) is 0.784. The molecule has 2 amide bonds. The first-order valence-electron chi connectivity index (χ1n) is 8.79. The van der Waals surface area contributed by atoms with Crippen molar-refractivity contribution in [2.24, 2.45) is 0 Å². The standard InChI is InChI=1S/C22H16F2N2O2/c23-17-8-9-19(18(24)13-17)25-21(27)15-5-3-6-16(12-15)22(28)26-11-10-14-4-1-2-7-20(14)26/h1-9,12-13H,10-11H2,(H,25,27). The van der Waals surface area contributed by atoms with Crippen molar-refractivity contribution in [2.75, 3.05) is 16.8 Å². The average Bonchev–Trinajstić information content (AvgIpc) is 3.14. The van der Waals surface area contributed by atoms with Gasteiger partial charge in [0, 0.05) is 29.4 Å². The number of para-hydroxylation sites is 1. The first kappa shape index (κ1) is 17.9. The minimum atomic E-state index is -0.866. The normalized spacial score (nSPS) is 12.6. The van der Waals surface area contributed by atoms with Gasteiger partial charge in [-0.2, -0.15) is 0 Å². The van der Waals surface area contributed by atoms with Gasteiger partial charge in [-0.3, -0.25) is 9.59 Å². The van der Waals surface area contributed by atoms with E-state index in [1.54, 1.807) is 17.0 Å². The summed E-state index contributed by atoms with van der Waals surface area (Å²) in [5.41, 5.74) is 2.43. The van der Waals surface area contributed by atoms with Gasteiger partial charge in [-0.05, 0) is 48.4 Å². The van der Waals surface area contributed by atoms with Gasteiger partial charge in [0.1, 0.15) is 11.6 Å².